The highest BCUT2D eigenvalue weighted by atomic mass is 15.2. The smallest absolute Gasteiger partial charge is 0.0540 e. The van der Waals surface area contributed by atoms with Gasteiger partial charge in [-0.2, -0.15) is 0 Å². The Hall–Kier alpha value is -5.60. The Morgan fingerprint density at radius 2 is 0.700 bits per heavy atom. The van der Waals surface area contributed by atoms with Crippen LogP contribution in [0.4, 0.5) is 34.1 Å². The van der Waals surface area contributed by atoms with E-state index >= 15 is 0 Å². The molecular formula is C48H44N2. The number of benzene rings is 8. The first kappa shape index (κ1) is 31.7. The zero-order valence-electron chi connectivity index (χ0n) is 30.4. The fourth-order valence-electron chi connectivity index (χ4n) is 7.65. The molecule has 0 atom stereocenters. The highest BCUT2D eigenvalue weighted by Crippen LogP contribution is 2.48. The highest BCUT2D eigenvalue weighted by Gasteiger charge is 2.23. The lowest BCUT2D eigenvalue weighted by atomic mass is 9.91. The summed E-state index contributed by atoms with van der Waals surface area (Å²) in [4.78, 5) is 4.91. The molecule has 2 nitrogen and oxygen atoms in total. The van der Waals surface area contributed by atoms with Crippen LogP contribution >= 0.6 is 0 Å². The molecule has 0 aliphatic rings. The molecular weight excluding hydrogens is 605 g/mol. The molecule has 2 heteroatoms. The Balaban J connectivity index is 1.42. The van der Waals surface area contributed by atoms with E-state index < -0.39 is 0 Å². The van der Waals surface area contributed by atoms with Gasteiger partial charge in [-0.3, -0.25) is 0 Å². The molecule has 0 amide bonds. The third-order valence-corrected chi connectivity index (χ3v) is 10.9. The van der Waals surface area contributed by atoms with Crippen LogP contribution in [0.3, 0.4) is 0 Å². The van der Waals surface area contributed by atoms with Crippen molar-refractivity contribution in [1.29, 1.82) is 0 Å². The van der Waals surface area contributed by atoms with Crippen molar-refractivity contribution < 1.29 is 0 Å². The molecule has 0 saturated heterocycles. The monoisotopic (exact) mass is 648 g/mol. The van der Waals surface area contributed by atoms with Crippen LogP contribution in [0.25, 0.3) is 32.3 Å². The lowest BCUT2D eigenvalue weighted by Crippen LogP contribution is -2.13. The van der Waals surface area contributed by atoms with Crippen LogP contribution in [0.5, 0.6) is 0 Å². The molecule has 8 aromatic rings. The fraction of sp³-hybridized carbons (Fsp3) is 0.167. The minimum Gasteiger partial charge on any atom is -0.310 e. The van der Waals surface area contributed by atoms with Gasteiger partial charge < -0.3 is 9.80 Å². The van der Waals surface area contributed by atoms with Gasteiger partial charge in [0.15, 0.2) is 0 Å². The molecule has 0 saturated carbocycles. The standard InChI is InChI=1S/C48H44N2/c1-29-9-22-44(36(8)25-29)50(41-19-12-32(4)35(7)28-41)46-24-16-38-13-20-42-45(23-15-37-14-21-43(46)48(38)47(37)42)49(39-17-10-30(2)33(5)26-39)40-18-11-31(3)34(6)27-40/h9-28H,1-8H3. The van der Waals surface area contributed by atoms with Crippen LogP contribution in [0, 0.1) is 55.4 Å². The topological polar surface area (TPSA) is 6.48 Å². The average molecular weight is 649 g/mol. The molecule has 50 heavy (non-hydrogen) atoms. The van der Waals surface area contributed by atoms with Gasteiger partial charge in [-0.1, -0.05) is 72.3 Å². The van der Waals surface area contributed by atoms with E-state index in [1.807, 2.05) is 0 Å². The van der Waals surface area contributed by atoms with Crippen LogP contribution in [0.2, 0.25) is 0 Å². The summed E-state index contributed by atoms with van der Waals surface area (Å²) in [6.45, 7) is 17.6. The molecule has 246 valence electrons. The molecule has 0 aromatic heterocycles. The van der Waals surface area contributed by atoms with Crippen LogP contribution in [0.15, 0.2) is 121 Å². The van der Waals surface area contributed by atoms with Crippen LogP contribution < -0.4 is 9.80 Å². The van der Waals surface area contributed by atoms with Gasteiger partial charge in [0.1, 0.15) is 0 Å². The predicted octanol–water partition coefficient (Wildman–Crippen LogP) is 14.0. The molecule has 0 spiro atoms. The van der Waals surface area contributed by atoms with Crippen molar-refractivity contribution in [1.82, 2.24) is 0 Å². The van der Waals surface area contributed by atoms with Gasteiger partial charge in [0, 0.05) is 33.5 Å². The first-order chi connectivity index (χ1) is 24.1. The van der Waals surface area contributed by atoms with Gasteiger partial charge >= 0.3 is 0 Å². The Labute approximate surface area is 296 Å². The average Bonchev–Trinajstić information content (AvgIpc) is 3.10. The second-order valence-electron chi connectivity index (χ2n) is 14.4. The number of anilines is 6. The van der Waals surface area contributed by atoms with Gasteiger partial charge in [-0.05, 0) is 170 Å². The summed E-state index contributed by atoms with van der Waals surface area (Å²) < 4.78 is 0. The molecule has 0 heterocycles. The number of hydrogen-bond donors (Lipinski definition) is 0. The van der Waals surface area contributed by atoms with E-state index in [0.717, 1.165) is 0 Å². The Morgan fingerprint density at radius 1 is 0.300 bits per heavy atom. The second-order valence-corrected chi connectivity index (χ2v) is 14.4. The molecule has 0 bridgehead atoms. The first-order valence-electron chi connectivity index (χ1n) is 17.7. The third-order valence-electron chi connectivity index (χ3n) is 10.9. The number of rotatable bonds is 6. The van der Waals surface area contributed by atoms with Gasteiger partial charge in [-0.25, -0.2) is 0 Å². The largest absolute Gasteiger partial charge is 0.310 e. The molecule has 0 aliphatic carbocycles. The normalized spacial score (nSPS) is 11.6. The minimum atomic E-state index is 1.17. The summed E-state index contributed by atoms with van der Waals surface area (Å²) >= 11 is 0. The van der Waals surface area contributed by atoms with Crippen molar-refractivity contribution in [2.45, 2.75) is 55.4 Å². The van der Waals surface area contributed by atoms with E-state index in [2.05, 4.69) is 187 Å². The van der Waals surface area contributed by atoms with Crippen LogP contribution in [-0.4, -0.2) is 0 Å². The maximum absolute atomic E-state index is 2.46. The molecule has 0 unspecified atom stereocenters. The second kappa shape index (κ2) is 12.1. The van der Waals surface area contributed by atoms with Gasteiger partial charge in [0.25, 0.3) is 0 Å². The molecule has 0 radical (unpaired) electrons. The van der Waals surface area contributed by atoms with E-state index in [1.54, 1.807) is 0 Å². The quantitative estimate of drug-likeness (QED) is 0.166. The van der Waals surface area contributed by atoms with E-state index in [4.69, 9.17) is 0 Å². The third kappa shape index (κ3) is 5.18. The van der Waals surface area contributed by atoms with Crippen molar-refractivity contribution >= 4 is 66.4 Å². The van der Waals surface area contributed by atoms with Crippen molar-refractivity contribution in [3.63, 3.8) is 0 Å². The SMILES string of the molecule is Cc1ccc(N(c2ccc(C)c(C)c2)c2ccc3ccc4c(N(c5ccc(C)c(C)c5)c5ccc(C)c(C)c5)ccc5ccc2c3c54)c(C)c1. The number of nitrogens with zero attached hydrogens (tertiary/aromatic N) is 2. The summed E-state index contributed by atoms with van der Waals surface area (Å²) in [6, 6.07) is 45.8. The van der Waals surface area contributed by atoms with Crippen molar-refractivity contribution in [3.8, 4) is 0 Å². The maximum atomic E-state index is 2.46. The summed E-state index contributed by atoms with van der Waals surface area (Å²) in [5, 5.41) is 7.61. The van der Waals surface area contributed by atoms with Crippen molar-refractivity contribution in [3.05, 3.63) is 166 Å². The molecule has 8 rings (SSSR count). The van der Waals surface area contributed by atoms with E-state index in [9.17, 15) is 0 Å². The van der Waals surface area contributed by atoms with E-state index in [1.165, 1.54) is 111 Å². The Bertz CT molecular complexity index is 2540. The lowest BCUT2D eigenvalue weighted by molar-refractivity contribution is 1.23. The Kier molecular flexibility index (Phi) is 7.64. The lowest BCUT2D eigenvalue weighted by Gasteiger charge is -2.30. The highest BCUT2D eigenvalue weighted by molar-refractivity contribution is 6.28. The van der Waals surface area contributed by atoms with Gasteiger partial charge in [-0.15, -0.1) is 0 Å². The van der Waals surface area contributed by atoms with Crippen molar-refractivity contribution in [2.24, 2.45) is 0 Å². The summed E-state index contributed by atoms with van der Waals surface area (Å²) in [6.07, 6.45) is 0. The van der Waals surface area contributed by atoms with Gasteiger partial charge in [0.05, 0.1) is 11.4 Å². The molecule has 0 N–H and O–H groups in total. The first-order valence-corrected chi connectivity index (χ1v) is 17.7. The van der Waals surface area contributed by atoms with Crippen LogP contribution in [-0.2, 0) is 0 Å². The predicted molar refractivity (Wildman–Crippen MR) is 217 cm³/mol. The molecule has 0 aliphatic heterocycles. The van der Waals surface area contributed by atoms with Gasteiger partial charge in [0.2, 0.25) is 0 Å². The zero-order valence-corrected chi connectivity index (χ0v) is 30.4. The van der Waals surface area contributed by atoms with Crippen LogP contribution in [0.1, 0.15) is 44.5 Å². The minimum absolute atomic E-state index is 1.17. The van der Waals surface area contributed by atoms with E-state index in [-0.39, 0.29) is 0 Å². The Morgan fingerprint density at radius 3 is 1.14 bits per heavy atom. The molecule has 8 aromatic carbocycles. The zero-order chi connectivity index (χ0) is 34.8. The molecule has 0 fully saturated rings. The fourth-order valence-corrected chi connectivity index (χ4v) is 7.65. The van der Waals surface area contributed by atoms with Crippen molar-refractivity contribution in [2.75, 3.05) is 9.80 Å². The summed E-state index contributed by atoms with van der Waals surface area (Å²) in [5.41, 5.74) is 17.4. The summed E-state index contributed by atoms with van der Waals surface area (Å²) in [5.74, 6) is 0. The summed E-state index contributed by atoms with van der Waals surface area (Å²) in [7, 11) is 0. The number of aryl methyl sites for hydroxylation is 8. The maximum Gasteiger partial charge on any atom is 0.0540 e. The number of hydrogen-bond acceptors (Lipinski definition) is 2. The van der Waals surface area contributed by atoms with E-state index in [0.29, 0.717) is 0 Å².